The number of ether oxygens (including phenoxy) is 2. The van der Waals surface area contributed by atoms with Crippen LogP contribution in [-0.4, -0.2) is 49.9 Å². The van der Waals surface area contributed by atoms with Crippen molar-refractivity contribution >= 4 is 29.3 Å². The van der Waals surface area contributed by atoms with E-state index in [4.69, 9.17) is 16.3 Å². The van der Waals surface area contributed by atoms with Gasteiger partial charge in [-0.05, 0) is 18.2 Å². The third-order valence-electron chi connectivity index (χ3n) is 3.58. The first-order valence-corrected chi connectivity index (χ1v) is 7.09. The molecule has 118 valence electrons. The summed E-state index contributed by atoms with van der Waals surface area (Å²) in [6, 6.07) is 4.73. The van der Waals surface area contributed by atoms with E-state index in [-0.39, 0.29) is 31.2 Å². The third-order valence-corrected chi connectivity index (χ3v) is 3.82. The molecule has 0 bridgehead atoms. The first-order chi connectivity index (χ1) is 10.5. The maximum absolute atomic E-state index is 12.6. The van der Waals surface area contributed by atoms with Crippen molar-refractivity contribution in [3.8, 4) is 5.75 Å². The van der Waals surface area contributed by atoms with Crippen molar-refractivity contribution in [2.75, 3.05) is 27.3 Å². The van der Waals surface area contributed by atoms with Gasteiger partial charge < -0.3 is 14.4 Å². The Kier molecular flexibility index (Phi) is 5.03. The molecular formula is C15H16ClNO5. The summed E-state index contributed by atoms with van der Waals surface area (Å²) < 4.78 is 9.78. The van der Waals surface area contributed by atoms with Gasteiger partial charge >= 0.3 is 5.97 Å². The van der Waals surface area contributed by atoms with Crippen LogP contribution in [0.25, 0.3) is 0 Å². The Morgan fingerprint density at radius 2 is 2.05 bits per heavy atom. The van der Waals surface area contributed by atoms with Crippen LogP contribution in [0.2, 0.25) is 5.02 Å². The fourth-order valence-electron chi connectivity index (χ4n) is 2.38. The lowest BCUT2D eigenvalue weighted by molar-refractivity contribution is -0.151. The summed E-state index contributed by atoms with van der Waals surface area (Å²) >= 11 is 5.93. The van der Waals surface area contributed by atoms with Gasteiger partial charge in [-0.25, -0.2) is 0 Å². The summed E-state index contributed by atoms with van der Waals surface area (Å²) in [7, 11) is 2.67. The van der Waals surface area contributed by atoms with Crippen LogP contribution in [0.1, 0.15) is 16.8 Å². The molecule has 0 spiro atoms. The van der Waals surface area contributed by atoms with Gasteiger partial charge in [0.1, 0.15) is 11.7 Å². The minimum absolute atomic E-state index is 0.00000756. The topological polar surface area (TPSA) is 72.9 Å². The van der Waals surface area contributed by atoms with Crippen LogP contribution < -0.4 is 4.74 Å². The minimum Gasteiger partial charge on any atom is -0.496 e. The third kappa shape index (κ3) is 3.22. The number of carbonyl (C=O) groups excluding carboxylic acids is 3. The van der Waals surface area contributed by atoms with Crippen molar-refractivity contribution in [2.24, 2.45) is 5.92 Å². The molecule has 1 fully saturated rings. The second kappa shape index (κ2) is 6.79. The number of piperidine rings is 1. The van der Waals surface area contributed by atoms with Gasteiger partial charge in [-0.15, -0.1) is 0 Å². The van der Waals surface area contributed by atoms with E-state index in [0.717, 1.165) is 0 Å². The summed E-state index contributed by atoms with van der Waals surface area (Å²) in [4.78, 5) is 37.5. The molecule has 22 heavy (non-hydrogen) atoms. The summed E-state index contributed by atoms with van der Waals surface area (Å²) in [5.41, 5.74) is 0.299. The Bertz CT molecular complexity index is 608. The number of hydrogen-bond acceptors (Lipinski definition) is 5. The van der Waals surface area contributed by atoms with E-state index in [2.05, 4.69) is 4.74 Å². The van der Waals surface area contributed by atoms with Gasteiger partial charge in [0.15, 0.2) is 5.78 Å². The van der Waals surface area contributed by atoms with Crippen LogP contribution in [0, 0.1) is 5.92 Å². The average Bonchev–Trinajstić information content (AvgIpc) is 2.53. The number of hydrogen-bond donors (Lipinski definition) is 0. The number of ketones is 1. The van der Waals surface area contributed by atoms with E-state index < -0.39 is 11.9 Å². The molecule has 1 unspecified atom stereocenters. The maximum Gasteiger partial charge on any atom is 0.318 e. The summed E-state index contributed by atoms with van der Waals surface area (Å²) in [5, 5.41) is 0.404. The van der Waals surface area contributed by atoms with Gasteiger partial charge in [-0.1, -0.05) is 11.6 Å². The number of likely N-dealkylation sites (tertiary alicyclic amines) is 1. The lowest BCUT2D eigenvalue weighted by atomic mass is 9.96. The molecule has 0 aliphatic carbocycles. The highest BCUT2D eigenvalue weighted by atomic mass is 35.5. The van der Waals surface area contributed by atoms with E-state index in [0.29, 0.717) is 16.3 Å². The van der Waals surface area contributed by atoms with Gasteiger partial charge in [-0.3, -0.25) is 14.4 Å². The molecule has 2 rings (SSSR count). The van der Waals surface area contributed by atoms with Crippen LogP contribution in [0.3, 0.4) is 0 Å². The number of Topliss-reactive ketones (excluding diaryl/α,β-unsaturated/α-hetero) is 1. The number of benzene rings is 1. The molecule has 1 saturated heterocycles. The molecule has 1 aromatic carbocycles. The van der Waals surface area contributed by atoms with E-state index in [1.807, 2.05) is 0 Å². The van der Waals surface area contributed by atoms with Gasteiger partial charge in [0.2, 0.25) is 0 Å². The normalized spacial score (nSPS) is 18.0. The smallest absolute Gasteiger partial charge is 0.318 e. The van der Waals surface area contributed by atoms with Crippen molar-refractivity contribution in [2.45, 2.75) is 6.42 Å². The summed E-state index contributed by atoms with van der Waals surface area (Å²) in [6.45, 7) is 0.251. The number of rotatable bonds is 3. The van der Waals surface area contributed by atoms with Crippen LogP contribution in [0.4, 0.5) is 0 Å². The number of carbonyl (C=O) groups is 3. The lowest BCUT2D eigenvalue weighted by Gasteiger charge is -2.30. The van der Waals surface area contributed by atoms with Crippen molar-refractivity contribution in [3.63, 3.8) is 0 Å². The fraction of sp³-hybridized carbons (Fsp3) is 0.400. The molecule has 0 saturated carbocycles. The molecule has 1 amide bonds. The largest absolute Gasteiger partial charge is 0.496 e. The fourth-order valence-corrected chi connectivity index (χ4v) is 2.56. The van der Waals surface area contributed by atoms with Gasteiger partial charge in [-0.2, -0.15) is 0 Å². The zero-order chi connectivity index (χ0) is 16.3. The van der Waals surface area contributed by atoms with Crippen molar-refractivity contribution in [1.82, 2.24) is 4.90 Å². The summed E-state index contributed by atoms with van der Waals surface area (Å²) in [5.74, 6) is -1.72. The van der Waals surface area contributed by atoms with Crippen LogP contribution >= 0.6 is 11.6 Å². The molecule has 0 radical (unpaired) electrons. The lowest BCUT2D eigenvalue weighted by Crippen LogP contribution is -2.47. The Labute approximate surface area is 132 Å². The Morgan fingerprint density at radius 1 is 1.32 bits per heavy atom. The van der Waals surface area contributed by atoms with Crippen molar-refractivity contribution < 1.29 is 23.9 Å². The standard InChI is InChI=1S/C15H16ClNO5/c1-21-13-4-3-9(16)7-10(13)14(19)17-6-5-12(18)11(8-17)15(20)22-2/h3-4,7,11H,5-6,8H2,1-2H3. The molecule has 7 heteroatoms. The zero-order valence-electron chi connectivity index (χ0n) is 12.3. The maximum atomic E-state index is 12.6. The monoisotopic (exact) mass is 325 g/mol. The number of esters is 1. The second-order valence-electron chi connectivity index (χ2n) is 4.89. The van der Waals surface area contributed by atoms with Crippen molar-refractivity contribution in [3.05, 3.63) is 28.8 Å². The highest BCUT2D eigenvalue weighted by Gasteiger charge is 2.36. The molecule has 1 heterocycles. The first kappa shape index (κ1) is 16.3. The Balaban J connectivity index is 2.24. The Hall–Kier alpha value is -2.08. The van der Waals surface area contributed by atoms with Gasteiger partial charge in [0, 0.05) is 24.5 Å². The van der Waals surface area contributed by atoms with Gasteiger partial charge in [0.05, 0.1) is 19.8 Å². The van der Waals surface area contributed by atoms with E-state index in [9.17, 15) is 14.4 Å². The zero-order valence-corrected chi connectivity index (χ0v) is 13.1. The molecule has 0 N–H and O–H groups in total. The predicted molar refractivity (Wildman–Crippen MR) is 79.0 cm³/mol. The molecular weight excluding hydrogens is 310 g/mol. The number of amides is 1. The van der Waals surface area contributed by atoms with Crippen LogP contribution in [0.15, 0.2) is 18.2 Å². The van der Waals surface area contributed by atoms with E-state index >= 15 is 0 Å². The minimum atomic E-state index is -0.937. The molecule has 1 aliphatic heterocycles. The SMILES string of the molecule is COC(=O)C1CN(C(=O)c2cc(Cl)ccc2OC)CCC1=O. The average molecular weight is 326 g/mol. The highest BCUT2D eigenvalue weighted by Crippen LogP contribution is 2.26. The molecule has 0 aromatic heterocycles. The first-order valence-electron chi connectivity index (χ1n) is 6.71. The molecule has 1 atom stereocenters. The summed E-state index contributed by atoms with van der Waals surface area (Å²) in [6.07, 6.45) is 0.119. The molecule has 1 aromatic rings. The molecule has 6 nitrogen and oxygen atoms in total. The molecule has 1 aliphatic rings. The van der Waals surface area contributed by atoms with Gasteiger partial charge in [0.25, 0.3) is 5.91 Å². The van der Waals surface area contributed by atoms with E-state index in [1.165, 1.54) is 25.2 Å². The quantitative estimate of drug-likeness (QED) is 0.623. The second-order valence-corrected chi connectivity index (χ2v) is 5.32. The number of nitrogens with zero attached hydrogens (tertiary/aromatic N) is 1. The van der Waals surface area contributed by atoms with Crippen LogP contribution in [-0.2, 0) is 14.3 Å². The number of halogens is 1. The number of methoxy groups -OCH3 is 2. The van der Waals surface area contributed by atoms with Crippen molar-refractivity contribution in [1.29, 1.82) is 0 Å². The highest BCUT2D eigenvalue weighted by molar-refractivity contribution is 6.31. The predicted octanol–water partition coefficient (Wildman–Crippen LogP) is 1.55. The van der Waals surface area contributed by atoms with Crippen LogP contribution in [0.5, 0.6) is 5.75 Å². The Morgan fingerprint density at radius 3 is 2.68 bits per heavy atom. The van der Waals surface area contributed by atoms with E-state index in [1.54, 1.807) is 12.1 Å².